The average molecular weight is 405 g/mol. The van der Waals surface area contributed by atoms with Gasteiger partial charge < -0.3 is 5.32 Å². The van der Waals surface area contributed by atoms with Gasteiger partial charge in [0.1, 0.15) is 5.82 Å². The number of para-hydroxylation sites is 1. The molecular formula is C15H9ClF4N4OS. The number of hydrogen-bond donors (Lipinski definition) is 1. The van der Waals surface area contributed by atoms with Crippen molar-refractivity contribution in [1.29, 1.82) is 0 Å². The molecule has 1 aromatic carbocycles. The van der Waals surface area contributed by atoms with Gasteiger partial charge in [-0.25, -0.2) is 4.39 Å². The third kappa shape index (κ3) is 3.91. The Kier molecular flexibility index (Phi) is 5.05. The van der Waals surface area contributed by atoms with Crippen molar-refractivity contribution in [2.24, 2.45) is 0 Å². The molecule has 0 radical (unpaired) electrons. The lowest BCUT2D eigenvalue weighted by Gasteiger charge is -2.09. The second-order valence-electron chi connectivity index (χ2n) is 5.07. The summed E-state index contributed by atoms with van der Waals surface area (Å²) in [5.74, 6) is -1.35. The van der Waals surface area contributed by atoms with Crippen LogP contribution in [-0.4, -0.2) is 26.3 Å². The standard InChI is InChI=1S/C15H9ClF4N4OS/c16-9-5-8(15(18,19)20)6-24-13(9)22-23-14(24)26-7-12(25)21-11-4-2-1-3-10(11)17/h1-6H,7H2,(H,21,25). The predicted octanol–water partition coefficient (Wildman–Crippen LogP) is 4.27. The highest BCUT2D eigenvalue weighted by atomic mass is 35.5. The molecule has 0 aliphatic carbocycles. The van der Waals surface area contributed by atoms with Crippen LogP contribution in [0.3, 0.4) is 0 Å². The molecule has 11 heteroatoms. The minimum Gasteiger partial charge on any atom is -0.323 e. The van der Waals surface area contributed by atoms with E-state index in [4.69, 9.17) is 11.6 Å². The zero-order valence-electron chi connectivity index (χ0n) is 12.7. The van der Waals surface area contributed by atoms with Gasteiger partial charge in [-0.3, -0.25) is 9.20 Å². The molecule has 3 rings (SSSR count). The molecule has 5 nitrogen and oxygen atoms in total. The van der Waals surface area contributed by atoms with E-state index in [9.17, 15) is 22.4 Å². The molecule has 0 fully saturated rings. The minimum absolute atomic E-state index is 0.00611. The predicted molar refractivity (Wildman–Crippen MR) is 88.8 cm³/mol. The highest BCUT2D eigenvalue weighted by molar-refractivity contribution is 7.99. The summed E-state index contributed by atoms with van der Waals surface area (Å²) in [7, 11) is 0. The quantitative estimate of drug-likeness (QED) is 0.521. The molecule has 0 unspecified atom stereocenters. The number of halogens is 5. The summed E-state index contributed by atoms with van der Waals surface area (Å²) in [5, 5.41) is 9.67. The topological polar surface area (TPSA) is 59.3 Å². The number of carbonyl (C=O) groups excluding carboxylic acids is 1. The number of hydrogen-bond acceptors (Lipinski definition) is 4. The van der Waals surface area contributed by atoms with E-state index in [-0.39, 0.29) is 27.3 Å². The van der Waals surface area contributed by atoms with E-state index < -0.39 is 23.5 Å². The van der Waals surface area contributed by atoms with Gasteiger partial charge in [0.25, 0.3) is 0 Å². The zero-order valence-corrected chi connectivity index (χ0v) is 14.3. The molecular weight excluding hydrogens is 396 g/mol. The van der Waals surface area contributed by atoms with Gasteiger partial charge in [0, 0.05) is 6.20 Å². The van der Waals surface area contributed by atoms with Crippen LogP contribution >= 0.6 is 23.4 Å². The normalized spacial score (nSPS) is 11.7. The summed E-state index contributed by atoms with van der Waals surface area (Å²) in [6.45, 7) is 0. The Morgan fingerprint density at radius 2 is 2.00 bits per heavy atom. The van der Waals surface area contributed by atoms with Crippen molar-refractivity contribution in [1.82, 2.24) is 14.6 Å². The van der Waals surface area contributed by atoms with Gasteiger partial charge in [-0.05, 0) is 18.2 Å². The number of nitrogens with one attached hydrogen (secondary N) is 1. The lowest BCUT2D eigenvalue weighted by Crippen LogP contribution is -2.15. The Labute approximate surface area is 153 Å². The van der Waals surface area contributed by atoms with Crippen molar-refractivity contribution in [2.75, 3.05) is 11.1 Å². The van der Waals surface area contributed by atoms with Crippen LogP contribution < -0.4 is 5.32 Å². The first-order valence-electron chi connectivity index (χ1n) is 7.04. The second kappa shape index (κ2) is 7.12. The monoisotopic (exact) mass is 404 g/mol. The van der Waals surface area contributed by atoms with Crippen LogP contribution in [0.25, 0.3) is 5.65 Å². The first kappa shape index (κ1) is 18.5. The van der Waals surface area contributed by atoms with E-state index in [2.05, 4.69) is 15.5 Å². The highest BCUT2D eigenvalue weighted by Gasteiger charge is 2.32. The van der Waals surface area contributed by atoms with Crippen molar-refractivity contribution in [3.8, 4) is 0 Å². The molecule has 136 valence electrons. The van der Waals surface area contributed by atoms with Crippen LogP contribution in [0.4, 0.5) is 23.2 Å². The molecule has 3 aromatic rings. The molecule has 0 spiro atoms. The fourth-order valence-corrected chi connectivity index (χ4v) is 3.02. The molecule has 2 aromatic heterocycles. The van der Waals surface area contributed by atoms with Crippen LogP contribution in [0, 0.1) is 5.82 Å². The highest BCUT2D eigenvalue weighted by Crippen LogP contribution is 2.33. The van der Waals surface area contributed by atoms with Gasteiger partial charge in [0.15, 0.2) is 10.8 Å². The maximum Gasteiger partial charge on any atom is 0.417 e. The number of alkyl halides is 3. The number of nitrogens with zero attached hydrogens (tertiary/aromatic N) is 3. The van der Waals surface area contributed by atoms with Crippen molar-refractivity contribution in [3.05, 3.63) is 52.9 Å². The summed E-state index contributed by atoms with van der Waals surface area (Å²) >= 11 is 6.66. The van der Waals surface area contributed by atoms with E-state index in [1.165, 1.54) is 18.2 Å². The third-order valence-electron chi connectivity index (χ3n) is 3.24. The molecule has 0 saturated heterocycles. The number of pyridine rings is 1. The fraction of sp³-hybridized carbons (Fsp3) is 0.133. The largest absolute Gasteiger partial charge is 0.417 e. The molecule has 0 aliphatic rings. The van der Waals surface area contributed by atoms with E-state index in [1.54, 1.807) is 6.07 Å². The van der Waals surface area contributed by atoms with E-state index in [1.807, 2.05) is 0 Å². The van der Waals surface area contributed by atoms with Crippen molar-refractivity contribution in [2.45, 2.75) is 11.3 Å². The van der Waals surface area contributed by atoms with Crippen molar-refractivity contribution in [3.63, 3.8) is 0 Å². The number of amides is 1. The Morgan fingerprint density at radius 3 is 2.69 bits per heavy atom. The van der Waals surface area contributed by atoms with Gasteiger partial charge in [0.2, 0.25) is 5.91 Å². The fourth-order valence-electron chi connectivity index (χ4n) is 2.07. The maximum absolute atomic E-state index is 13.5. The zero-order chi connectivity index (χ0) is 18.9. The van der Waals surface area contributed by atoms with Gasteiger partial charge in [0.05, 0.1) is 22.0 Å². The summed E-state index contributed by atoms with van der Waals surface area (Å²) in [6, 6.07) is 6.36. The van der Waals surface area contributed by atoms with E-state index in [0.717, 1.165) is 28.4 Å². The Balaban J connectivity index is 1.78. The first-order chi connectivity index (χ1) is 12.3. The molecule has 1 N–H and O–H groups in total. The molecule has 26 heavy (non-hydrogen) atoms. The van der Waals surface area contributed by atoms with Crippen molar-refractivity contribution < 1.29 is 22.4 Å². The number of aromatic nitrogens is 3. The SMILES string of the molecule is O=C(CSc1nnc2c(Cl)cc(C(F)(F)F)cn12)Nc1ccccc1F. The molecule has 0 atom stereocenters. The Bertz CT molecular complexity index is 976. The third-order valence-corrected chi connectivity index (χ3v) is 4.46. The maximum atomic E-state index is 13.5. The lowest BCUT2D eigenvalue weighted by molar-refractivity contribution is -0.137. The van der Waals surface area contributed by atoms with Crippen LogP contribution in [0.1, 0.15) is 5.56 Å². The van der Waals surface area contributed by atoms with E-state index in [0.29, 0.717) is 0 Å². The molecule has 0 saturated carbocycles. The summed E-state index contributed by atoms with van der Waals surface area (Å²) in [4.78, 5) is 11.9. The number of anilines is 1. The molecule has 0 bridgehead atoms. The summed E-state index contributed by atoms with van der Waals surface area (Å²) < 4.78 is 53.3. The average Bonchev–Trinajstić information content (AvgIpc) is 2.98. The molecule has 1 amide bonds. The number of rotatable bonds is 4. The Hall–Kier alpha value is -2.33. The minimum atomic E-state index is -4.59. The van der Waals surface area contributed by atoms with Crippen LogP contribution in [0.2, 0.25) is 5.02 Å². The van der Waals surface area contributed by atoms with Crippen LogP contribution in [0.5, 0.6) is 0 Å². The van der Waals surface area contributed by atoms with Crippen molar-refractivity contribution >= 4 is 40.6 Å². The van der Waals surface area contributed by atoms with Crippen LogP contribution in [-0.2, 0) is 11.0 Å². The first-order valence-corrected chi connectivity index (χ1v) is 8.40. The van der Waals surface area contributed by atoms with E-state index >= 15 is 0 Å². The number of benzene rings is 1. The van der Waals surface area contributed by atoms with Gasteiger partial charge in [-0.15, -0.1) is 10.2 Å². The van der Waals surface area contributed by atoms with Gasteiger partial charge in [-0.2, -0.15) is 13.2 Å². The summed E-state index contributed by atoms with van der Waals surface area (Å²) in [6.07, 6.45) is -3.79. The lowest BCUT2D eigenvalue weighted by atomic mass is 10.3. The molecule has 0 aliphatic heterocycles. The second-order valence-corrected chi connectivity index (χ2v) is 6.42. The Morgan fingerprint density at radius 1 is 1.27 bits per heavy atom. The number of carbonyl (C=O) groups is 1. The van der Waals surface area contributed by atoms with Gasteiger partial charge in [-0.1, -0.05) is 35.5 Å². The molecule has 2 heterocycles. The van der Waals surface area contributed by atoms with Gasteiger partial charge >= 0.3 is 6.18 Å². The number of thioether (sulfide) groups is 1. The summed E-state index contributed by atoms with van der Waals surface area (Å²) in [5.41, 5.74) is -0.921. The van der Waals surface area contributed by atoms with Crippen LogP contribution in [0.15, 0.2) is 41.7 Å². The smallest absolute Gasteiger partial charge is 0.323 e. The number of fused-ring (bicyclic) bond motifs is 1.